The van der Waals surface area contributed by atoms with E-state index in [0.29, 0.717) is 24.3 Å². The summed E-state index contributed by atoms with van der Waals surface area (Å²) >= 11 is 1.52. The van der Waals surface area contributed by atoms with Gasteiger partial charge in [-0.15, -0.1) is 11.8 Å². The predicted octanol–water partition coefficient (Wildman–Crippen LogP) is 0.244. The van der Waals surface area contributed by atoms with E-state index in [1.54, 1.807) is 12.1 Å². The monoisotopic (exact) mass is 285 g/mol. The number of nitrogens with one attached hydrogen (secondary N) is 1. The number of hydrogen-bond acceptors (Lipinski definition) is 5. The van der Waals surface area contributed by atoms with Gasteiger partial charge in [0, 0.05) is 22.8 Å². The summed E-state index contributed by atoms with van der Waals surface area (Å²) < 4.78 is 0. The molecule has 0 fully saturated rings. The highest BCUT2D eigenvalue weighted by atomic mass is 32.2. The third-order valence-electron chi connectivity index (χ3n) is 2.45. The minimum absolute atomic E-state index is 0.125. The molecule has 0 radical (unpaired) electrons. The number of benzene rings is 1. The summed E-state index contributed by atoms with van der Waals surface area (Å²) in [4.78, 5) is 12.7. The zero-order chi connectivity index (χ0) is 14.1. The van der Waals surface area contributed by atoms with Gasteiger partial charge < -0.3 is 20.6 Å². The summed E-state index contributed by atoms with van der Waals surface area (Å²) in [5.74, 6) is 0.425. The van der Waals surface area contributed by atoms with Gasteiger partial charge in [0.1, 0.15) is 0 Å². The van der Waals surface area contributed by atoms with Crippen LogP contribution in [0.4, 0.5) is 0 Å². The van der Waals surface area contributed by atoms with Crippen LogP contribution in [0, 0.1) is 0 Å². The minimum atomic E-state index is -0.794. The van der Waals surface area contributed by atoms with E-state index >= 15 is 0 Å². The van der Waals surface area contributed by atoms with Crippen molar-refractivity contribution in [1.82, 2.24) is 5.32 Å². The van der Waals surface area contributed by atoms with Crippen molar-refractivity contribution in [3.63, 3.8) is 0 Å². The lowest BCUT2D eigenvalue weighted by Gasteiger charge is -2.08. The molecule has 1 rings (SSSR count). The van der Waals surface area contributed by atoms with Crippen LogP contribution in [-0.2, 0) is 0 Å². The first-order valence-electron chi connectivity index (χ1n) is 6.08. The Morgan fingerprint density at radius 1 is 1.26 bits per heavy atom. The summed E-state index contributed by atoms with van der Waals surface area (Å²) in [7, 11) is 0. The summed E-state index contributed by atoms with van der Waals surface area (Å²) in [6.07, 6.45) is -0.468. The molecule has 1 aromatic carbocycles. The molecule has 0 aliphatic carbocycles. The smallest absolute Gasteiger partial charge is 0.251 e. The van der Waals surface area contributed by atoms with Gasteiger partial charge >= 0.3 is 0 Å². The first-order chi connectivity index (χ1) is 9.17. The van der Waals surface area contributed by atoms with Gasteiger partial charge in [-0.2, -0.15) is 0 Å². The fourth-order valence-electron chi connectivity index (χ4n) is 1.41. The summed E-state index contributed by atoms with van der Waals surface area (Å²) in [5.41, 5.74) is 0.548. The van der Waals surface area contributed by atoms with Crippen molar-refractivity contribution in [2.24, 2.45) is 0 Å². The molecule has 0 saturated heterocycles. The molecule has 106 valence electrons. The number of aliphatic hydroxyl groups is 3. The first kappa shape index (κ1) is 16.0. The van der Waals surface area contributed by atoms with Gasteiger partial charge in [0.15, 0.2) is 0 Å². The van der Waals surface area contributed by atoms with Crippen LogP contribution in [-0.4, -0.2) is 52.8 Å². The second-order valence-corrected chi connectivity index (χ2v) is 5.15. The Hall–Kier alpha value is -1.08. The third-order valence-corrected chi connectivity index (χ3v) is 3.44. The Bertz CT molecular complexity index is 383. The SMILES string of the molecule is O=C(NCCC(O)CO)c1ccc(SCCO)cc1. The molecular weight excluding hydrogens is 266 g/mol. The molecule has 4 N–H and O–H groups in total. The van der Waals surface area contributed by atoms with Crippen LogP contribution in [0.5, 0.6) is 0 Å². The van der Waals surface area contributed by atoms with Crippen molar-refractivity contribution in [3.8, 4) is 0 Å². The topological polar surface area (TPSA) is 89.8 Å². The summed E-state index contributed by atoms with van der Waals surface area (Å²) in [6, 6.07) is 7.10. The van der Waals surface area contributed by atoms with Crippen LogP contribution >= 0.6 is 11.8 Å². The average molecular weight is 285 g/mol. The van der Waals surface area contributed by atoms with E-state index in [1.807, 2.05) is 12.1 Å². The Morgan fingerprint density at radius 3 is 2.53 bits per heavy atom. The van der Waals surface area contributed by atoms with Crippen LogP contribution in [0.15, 0.2) is 29.2 Å². The van der Waals surface area contributed by atoms with Gasteiger partial charge in [0.25, 0.3) is 5.91 Å². The first-order valence-corrected chi connectivity index (χ1v) is 7.06. The molecule has 0 aromatic heterocycles. The molecule has 0 bridgehead atoms. The standard InChI is InChI=1S/C13H19NO4S/c15-7-8-19-12-3-1-10(2-4-12)13(18)14-6-5-11(17)9-16/h1-4,11,15-17H,5-9H2,(H,14,18). The molecule has 0 heterocycles. The van der Waals surface area contributed by atoms with Crippen molar-refractivity contribution in [1.29, 1.82) is 0 Å². The maximum Gasteiger partial charge on any atom is 0.251 e. The zero-order valence-corrected chi connectivity index (χ0v) is 11.4. The van der Waals surface area contributed by atoms with Crippen molar-refractivity contribution >= 4 is 17.7 Å². The number of carbonyl (C=O) groups is 1. The predicted molar refractivity (Wildman–Crippen MR) is 74.3 cm³/mol. The lowest BCUT2D eigenvalue weighted by Crippen LogP contribution is -2.28. The van der Waals surface area contributed by atoms with Gasteiger partial charge in [-0.25, -0.2) is 0 Å². The van der Waals surface area contributed by atoms with E-state index < -0.39 is 6.10 Å². The molecule has 19 heavy (non-hydrogen) atoms. The maximum absolute atomic E-state index is 11.7. The van der Waals surface area contributed by atoms with Gasteiger partial charge in [-0.1, -0.05) is 0 Å². The maximum atomic E-state index is 11.7. The zero-order valence-electron chi connectivity index (χ0n) is 10.6. The van der Waals surface area contributed by atoms with E-state index in [-0.39, 0.29) is 19.1 Å². The number of amides is 1. The molecule has 1 aromatic rings. The Balaban J connectivity index is 2.40. The molecule has 0 aliphatic rings. The highest BCUT2D eigenvalue weighted by molar-refractivity contribution is 7.99. The molecular formula is C13H19NO4S. The van der Waals surface area contributed by atoms with E-state index in [2.05, 4.69) is 5.32 Å². The van der Waals surface area contributed by atoms with Gasteiger partial charge in [0.05, 0.1) is 19.3 Å². The molecule has 1 atom stereocenters. The lowest BCUT2D eigenvalue weighted by atomic mass is 10.2. The molecule has 0 spiro atoms. The normalized spacial score (nSPS) is 12.2. The van der Waals surface area contributed by atoms with Crippen molar-refractivity contribution in [3.05, 3.63) is 29.8 Å². The third kappa shape index (κ3) is 6.07. The number of hydrogen-bond donors (Lipinski definition) is 4. The number of carbonyl (C=O) groups excluding carboxylic acids is 1. The van der Waals surface area contributed by atoms with E-state index in [9.17, 15) is 4.79 Å². The Labute approximate surface area is 116 Å². The van der Waals surface area contributed by atoms with Crippen molar-refractivity contribution in [2.45, 2.75) is 17.4 Å². The van der Waals surface area contributed by atoms with Crippen molar-refractivity contribution < 1.29 is 20.1 Å². The van der Waals surface area contributed by atoms with E-state index in [4.69, 9.17) is 15.3 Å². The molecule has 0 saturated carbocycles. The Morgan fingerprint density at radius 2 is 1.95 bits per heavy atom. The number of thioether (sulfide) groups is 1. The van der Waals surface area contributed by atoms with Crippen LogP contribution in [0.3, 0.4) is 0 Å². The van der Waals surface area contributed by atoms with Crippen LogP contribution in [0.1, 0.15) is 16.8 Å². The van der Waals surface area contributed by atoms with Crippen molar-refractivity contribution in [2.75, 3.05) is 25.5 Å². The second-order valence-electron chi connectivity index (χ2n) is 3.98. The lowest BCUT2D eigenvalue weighted by molar-refractivity contribution is 0.0834. The fraction of sp³-hybridized carbons (Fsp3) is 0.462. The van der Waals surface area contributed by atoms with E-state index in [0.717, 1.165) is 4.90 Å². The van der Waals surface area contributed by atoms with Gasteiger partial charge in [-0.3, -0.25) is 4.79 Å². The summed E-state index contributed by atoms with van der Waals surface area (Å²) in [5, 5.41) is 29.2. The summed E-state index contributed by atoms with van der Waals surface area (Å²) in [6.45, 7) is 0.147. The minimum Gasteiger partial charge on any atom is -0.396 e. The Kier molecular flexibility index (Phi) is 7.50. The highest BCUT2D eigenvalue weighted by Gasteiger charge is 2.06. The van der Waals surface area contributed by atoms with Crippen LogP contribution < -0.4 is 5.32 Å². The second kappa shape index (κ2) is 8.92. The molecule has 0 aliphatic heterocycles. The van der Waals surface area contributed by atoms with Gasteiger partial charge in [-0.05, 0) is 30.7 Å². The number of aliphatic hydroxyl groups excluding tert-OH is 3. The van der Waals surface area contributed by atoms with Crippen LogP contribution in [0.25, 0.3) is 0 Å². The quantitative estimate of drug-likeness (QED) is 0.514. The van der Waals surface area contributed by atoms with Gasteiger partial charge in [0.2, 0.25) is 0 Å². The molecule has 1 unspecified atom stereocenters. The molecule has 6 heteroatoms. The van der Waals surface area contributed by atoms with Crippen LogP contribution in [0.2, 0.25) is 0 Å². The molecule has 1 amide bonds. The number of rotatable bonds is 8. The van der Waals surface area contributed by atoms with E-state index in [1.165, 1.54) is 11.8 Å². The fourth-order valence-corrected chi connectivity index (χ4v) is 2.07. The largest absolute Gasteiger partial charge is 0.396 e. The molecule has 5 nitrogen and oxygen atoms in total. The average Bonchev–Trinajstić information content (AvgIpc) is 2.45. The highest BCUT2D eigenvalue weighted by Crippen LogP contribution is 2.17.